The fraction of sp³-hybridized carbons (Fsp3) is 0.536. The van der Waals surface area contributed by atoms with E-state index in [4.69, 9.17) is 4.74 Å². The lowest BCUT2D eigenvalue weighted by molar-refractivity contribution is -0.123. The Morgan fingerprint density at radius 1 is 1.17 bits per heavy atom. The van der Waals surface area contributed by atoms with Crippen LogP contribution in [0.2, 0.25) is 0 Å². The summed E-state index contributed by atoms with van der Waals surface area (Å²) < 4.78 is 19.6. The smallest absolute Gasteiger partial charge is 0.229 e. The zero-order chi connectivity index (χ0) is 24.9. The molecule has 1 aliphatic carbocycles. The van der Waals surface area contributed by atoms with Crippen LogP contribution in [-0.2, 0) is 17.9 Å². The van der Waals surface area contributed by atoms with Crippen molar-refractivity contribution < 1.29 is 19.0 Å². The number of carbonyl (C=O) groups excluding carboxylic acids is 1. The number of aliphatic hydroxyl groups is 1. The van der Waals surface area contributed by atoms with E-state index in [1.165, 1.54) is 17.2 Å². The van der Waals surface area contributed by atoms with Crippen LogP contribution in [0.1, 0.15) is 49.3 Å². The second-order valence-corrected chi connectivity index (χ2v) is 10.1. The highest BCUT2D eigenvalue weighted by Gasteiger charge is 2.30. The molecule has 2 aliphatic rings. The van der Waals surface area contributed by atoms with Crippen LogP contribution in [0.3, 0.4) is 0 Å². The third-order valence-electron chi connectivity index (χ3n) is 7.40. The molecule has 7 heteroatoms. The molecule has 0 spiro atoms. The second kappa shape index (κ2) is 11.5. The van der Waals surface area contributed by atoms with E-state index in [0.717, 1.165) is 57.5 Å². The molecule has 1 atom stereocenters. The van der Waals surface area contributed by atoms with Crippen LogP contribution in [0, 0.1) is 18.7 Å². The van der Waals surface area contributed by atoms with Gasteiger partial charge in [0.1, 0.15) is 11.6 Å². The van der Waals surface area contributed by atoms with E-state index in [1.807, 2.05) is 7.05 Å². The molecule has 0 bridgehead atoms. The van der Waals surface area contributed by atoms with Crippen molar-refractivity contribution >= 4 is 11.6 Å². The third kappa shape index (κ3) is 6.40. The van der Waals surface area contributed by atoms with E-state index < -0.39 is 5.82 Å². The standard InChI is InChI=1S/C28H38FN3O3/c1-19-14-24(7-4-22(19)17-32-13-12-30-20(2)16-32)31(3)28(34)21-5-8-25(9-6-21)35-26-10-11-27(29)23(15-26)18-33/h4,7,10-11,14-15,20-21,25,30,33H,5-6,8-9,12-13,16-18H2,1-3H3/t20-,21-,25-/m0/s1. The predicted octanol–water partition coefficient (Wildman–Crippen LogP) is 4.02. The first-order valence-electron chi connectivity index (χ1n) is 12.7. The lowest BCUT2D eigenvalue weighted by Crippen LogP contribution is -2.48. The van der Waals surface area contributed by atoms with Gasteiger partial charge in [0, 0.05) is 56.4 Å². The van der Waals surface area contributed by atoms with Gasteiger partial charge in [-0.1, -0.05) is 6.07 Å². The van der Waals surface area contributed by atoms with Crippen LogP contribution in [-0.4, -0.2) is 54.7 Å². The molecular formula is C28H38FN3O3. The van der Waals surface area contributed by atoms with Gasteiger partial charge in [-0.25, -0.2) is 4.39 Å². The van der Waals surface area contributed by atoms with E-state index in [9.17, 15) is 14.3 Å². The zero-order valence-electron chi connectivity index (χ0n) is 21.1. The second-order valence-electron chi connectivity index (χ2n) is 10.1. The molecule has 35 heavy (non-hydrogen) atoms. The Balaban J connectivity index is 1.30. The Hall–Kier alpha value is -2.48. The van der Waals surface area contributed by atoms with Crippen molar-refractivity contribution in [2.75, 3.05) is 31.6 Å². The number of amides is 1. The SMILES string of the molecule is Cc1cc(N(C)C(=O)[C@H]2CC[C@H](Oc3ccc(F)c(CO)c3)CC2)ccc1CN1CCN[C@@H](C)C1. The number of halogens is 1. The fourth-order valence-corrected chi connectivity index (χ4v) is 5.23. The largest absolute Gasteiger partial charge is 0.490 e. The lowest BCUT2D eigenvalue weighted by atomic mass is 9.86. The number of anilines is 1. The molecule has 0 radical (unpaired) electrons. The number of ether oxygens (including phenoxy) is 1. The van der Waals surface area contributed by atoms with E-state index >= 15 is 0 Å². The molecular weight excluding hydrogens is 445 g/mol. The number of aliphatic hydroxyl groups excluding tert-OH is 1. The van der Waals surface area contributed by atoms with Crippen molar-refractivity contribution in [1.82, 2.24) is 10.2 Å². The van der Waals surface area contributed by atoms with Crippen molar-refractivity contribution in [1.29, 1.82) is 0 Å². The number of hydrogen-bond acceptors (Lipinski definition) is 5. The van der Waals surface area contributed by atoms with Gasteiger partial charge in [0.05, 0.1) is 12.7 Å². The summed E-state index contributed by atoms with van der Waals surface area (Å²) in [5.74, 6) is 0.256. The van der Waals surface area contributed by atoms with Crippen LogP contribution < -0.4 is 15.0 Å². The Bertz CT molecular complexity index is 1020. The van der Waals surface area contributed by atoms with Crippen molar-refractivity contribution in [3.05, 3.63) is 58.9 Å². The van der Waals surface area contributed by atoms with Crippen LogP contribution in [0.4, 0.5) is 10.1 Å². The first-order valence-corrected chi connectivity index (χ1v) is 12.7. The fourth-order valence-electron chi connectivity index (χ4n) is 5.23. The number of hydrogen-bond donors (Lipinski definition) is 2. The molecule has 0 unspecified atom stereocenters. The summed E-state index contributed by atoms with van der Waals surface area (Å²) in [4.78, 5) is 17.5. The van der Waals surface area contributed by atoms with Gasteiger partial charge < -0.3 is 20.1 Å². The van der Waals surface area contributed by atoms with Crippen LogP contribution in [0.15, 0.2) is 36.4 Å². The highest BCUT2D eigenvalue weighted by Crippen LogP contribution is 2.31. The van der Waals surface area contributed by atoms with Crippen LogP contribution in [0.5, 0.6) is 5.75 Å². The third-order valence-corrected chi connectivity index (χ3v) is 7.40. The maximum Gasteiger partial charge on any atom is 0.229 e. The van der Waals surface area contributed by atoms with Crippen molar-refractivity contribution in [2.24, 2.45) is 5.92 Å². The molecule has 4 rings (SSSR count). The summed E-state index contributed by atoms with van der Waals surface area (Å²) in [5.41, 5.74) is 3.70. The molecule has 1 saturated carbocycles. The Labute approximate surface area is 208 Å². The number of aryl methyl sites for hydroxylation is 1. The van der Waals surface area contributed by atoms with Crippen molar-refractivity contribution in [3.63, 3.8) is 0 Å². The number of rotatable bonds is 7. The minimum atomic E-state index is -0.432. The van der Waals surface area contributed by atoms with Crippen LogP contribution in [0.25, 0.3) is 0 Å². The van der Waals surface area contributed by atoms with Gasteiger partial charge in [0.2, 0.25) is 5.91 Å². The molecule has 1 heterocycles. The highest BCUT2D eigenvalue weighted by atomic mass is 19.1. The molecule has 1 saturated heterocycles. The normalized spacial score (nSPS) is 23.2. The molecule has 6 nitrogen and oxygen atoms in total. The first kappa shape index (κ1) is 25.6. The van der Waals surface area contributed by atoms with Gasteiger partial charge in [-0.2, -0.15) is 0 Å². The number of benzene rings is 2. The minimum absolute atomic E-state index is 0.00408. The minimum Gasteiger partial charge on any atom is -0.490 e. The zero-order valence-corrected chi connectivity index (χ0v) is 21.1. The predicted molar refractivity (Wildman–Crippen MR) is 136 cm³/mol. The highest BCUT2D eigenvalue weighted by molar-refractivity contribution is 5.94. The quantitative estimate of drug-likeness (QED) is 0.623. The number of carbonyl (C=O) groups is 1. The topological polar surface area (TPSA) is 65.0 Å². The van der Waals surface area contributed by atoms with Gasteiger partial charge in [-0.15, -0.1) is 0 Å². The molecule has 2 aromatic rings. The van der Waals surface area contributed by atoms with Crippen molar-refractivity contribution in [2.45, 2.75) is 64.8 Å². The van der Waals surface area contributed by atoms with Gasteiger partial charge in [-0.05, 0) is 81.0 Å². The summed E-state index contributed by atoms with van der Waals surface area (Å²) in [6, 6.07) is 11.3. The number of nitrogens with one attached hydrogen (secondary N) is 1. The van der Waals surface area contributed by atoms with Crippen molar-refractivity contribution in [3.8, 4) is 5.75 Å². The lowest BCUT2D eigenvalue weighted by Gasteiger charge is -2.32. The maximum absolute atomic E-state index is 13.6. The van der Waals surface area contributed by atoms with E-state index in [1.54, 1.807) is 17.0 Å². The van der Waals surface area contributed by atoms with Gasteiger partial charge in [-0.3, -0.25) is 9.69 Å². The summed E-state index contributed by atoms with van der Waals surface area (Å²) in [6.45, 7) is 8.06. The molecule has 1 amide bonds. The molecule has 2 aromatic carbocycles. The summed E-state index contributed by atoms with van der Waals surface area (Å²) in [7, 11) is 1.87. The summed E-state index contributed by atoms with van der Waals surface area (Å²) >= 11 is 0. The molecule has 1 aliphatic heterocycles. The molecule has 0 aromatic heterocycles. The maximum atomic E-state index is 13.6. The Kier molecular flexibility index (Phi) is 8.42. The first-order chi connectivity index (χ1) is 16.8. The molecule has 190 valence electrons. The van der Waals surface area contributed by atoms with Gasteiger partial charge >= 0.3 is 0 Å². The van der Waals surface area contributed by atoms with Gasteiger partial charge in [0.15, 0.2) is 0 Å². The van der Waals surface area contributed by atoms with Crippen LogP contribution >= 0.6 is 0 Å². The monoisotopic (exact) mass is 483 g/mol. The van der Waals surface area contributed by atoms with Gasteiger partial charge in [0.25, 0.3) is 0 Å². The number of nitrogens with zero attached hydrogens (tertiary/aromatic N) is 2. The Morgan fingerprint density at radius 2 is 1.94 bits per heavy atom. The van der Waals surface area contributed by atoms with E-state index in [2.05, 4.69) is 42.3 Å². The Morgan fingerprint density at radius 3 is 2.63 bits per heavy atom. The number of piperazine rings is 1. The average Bonchev–Trinajstić information content (AvgIpc) is 2.86. The summed E-state index contributed by atoms with van der Waals surface area (Å²) in [5, 5.41) is 12.7. The van der Waals surface area contributed by atoms with E-state index in [-0.39, 0.29) is 30.1 Å². The summed E-state index contributed by atoms with van der Waals surface area (Å²) in [6.07, 6.45) is 3.07. The average molecular weight is 484 g/mol. The van der Waals surface area contributed by atoms with E-state index in [0.29, 0.717) is 11.8 Å². The molecule has 2 N–H and O–H groups in total. The molecule has 2 fully saturated rings.